The van der Waals surface area contributed by atoms with Gasteiger partial charge in [-0.1, -0.05) is 30.3 Å². The molecule has 3 aromatic rings. The molecule has 0 saturated carbocycles. The number of nitrogens with zero attached hydrogens (tertiary/aromatic N) is 2. The Balaban J connectivity index is 2.06. The second-order valence-corrected chi connectivity index (χ2v) is 9.03. The molecule has 0 aliphatic rings. The molecular weight excluding hydrogens is 379 g/mol. The van der Waals surface area contributed by atoms with Crippen LogP contribution in [0.3, 0.4) is 0 Å². The third-order valence-corrected chi connectivity index (χ3v) is 5.70. The smallest absolute Gasteiger partial charge is 0.241 e. The average molecular weight is 400 g/mol. The SMILES string of the molecule is CC(C)(C)NS(=O)(=O)c1ccccc1-c1ccc(-c2cnc(N)nc2)c(F)c1. The molecule has 28 heavy (non-hydrogen) atoms. The van der Waals surface area contributed by atoms with Crippen LogP contribution in [0.5, 0.6) is 0 Å². The van der Waals surface area contributed by atoms with Crippen LogP contribution in [-0.2, 0) is 10.0 Å². The van der Waals surface area contributed by atoms with E-state index in [0.717, 1.165) is 0 Å². The Morgan fingerprint density at radius 1 is 0.964 bits per heavy atom. The van der Waals surface area contributed by atoms with Gasteiger partial charge >= 0.3 is 0 Å². The highest BCUT2D eigenvalue weighted by Crippen LogP contribution is 2.31. The van der Waals surface area contributed by atoms with Crippen molar-refractivity contribution in [2.45, 2.75) is 31.2 Å². The zero-order valence-corrected chi connectivity index (χ0v) is 16.6. The highest BCUT2D eigenvalue weighted by molar-refractivity contribution is 7.89. The van der Waals surface area contributed by atoms with Crippen LogP contribution in [0.1, 0.15) is 20.8 Å². The van der Waals surface area contributed by atoms with Crippen molar-refractivity contribution < 1.29 is 12.8 Å². The molecule has 146 valence electrons. The Bertz CT molecular complexity index is 1110. The van der Waals surface area contributed by atoms with E-state index in [4.69, 9.17) is 5.73 Å². The van der Waals surface area contributed by atoms with E-state index in [1.165, 1.54) is 24.5 Å². The molecule has 1 heterocycles. The van der Waals surface area contributed by atoms with Gasteiger partial charge in [-0.15, -0.1) is 0 Å². The first-order valence-electron chi connectivity index (χ1n) is 8.58. The van der Waals surface area contributed by atoms with Crippen LogP contribution in [0.25, 0.3) is 22.3 Å². The lowest BCUT2D eigenvalue weighted by Crippen LogP contribution is -2.40. The molecule has 0 radical (unpaired) electrons. The number of hydrogen-bond donors (Lipinski definition) is 2. The van der Waals surface area contributed by atoms with Gasteiger partial charge in [0.15, 0.2) is 0 Å². The van der Waals surface area contributed by atoms with Crippen molar-refractivity contribution >= 4 is 16.0 Å². The number of hydrogen-bond acceptors (Lipinski definition) is 5. The second kappa shape index (κ2) is 7.29. The normalized spacial score (nSPS) is 12.1. The number of rotatable bonds is 4. The summed E-state index contributed by atoms with van der Waals surface area (Å²) in [5, 5.41) is 0. The van der Waals surface area contributed by atoms with Gasteiger partial charge in [0.2, 0.25) is 16.0 Å². The van der Waals surface area contributed by atoms with Crippen LogP contribution >= 0.6 is 0 Å². The van der Waals surface area contributed by atoms with Gasteiger partial charge in [-0.05, 0) is 38.5 Å². The number of sulfonamides is 1. The zero-order chi connectivity index (χ0) is 20.5. The minimum Gasteiger partial charge on any atom is -0.368 e. The molecule has 3 N–H and O–H groups in total. The number of nitrogens with two attached hydrogens (primary N) is 1. The second-order valence-electron chi connectivity index (χ2n) is 7.38. The molecule has 0 bridgehead atoms. The molecule has 6 nitrogen and oxygen atoms in total. The summed E-state index contributed by atoms with van der Waals surface area (Å²) in [5.74, 6) is -0.409. The predicted octanol–water partition coefficient (Wildman–Crippen LogP) is 3.61. The van der Waals surface area contributed by atoms with Crippen molar-refractivity contribution in [3.63, 3.8) is 0 Å². The zero-order valence-electron chi connectivity index (χ0n) is 15.8. The molecule has 0 spiro atoms. The standard InChI is InChI=1S/C20H21FN4O2S/c1-20(2,3)25-28(26,27)18-7-5-4-6-16(18)13-8-9-15(17(21)10-13)14-11-23-19(22)24-12-14/h4-12,25H,1-3H3,(H2,22,23,24). The number of aromatic nitrogens is 2. The van der Waals surface area contributed by atoms with Gasteiger partial charge in [-0.25, -0.2) is 27.5 Å². The molecule has 0 saturated heterocycles. The summed E-state index contributed by atoms with van der Waals surface area (Å²) in [4.78, 5) is 7.83. The van der Waals surface area contributed by atoms with Crippen LogP contribution in [0.4, 0.5) is 10.3 Å². The largest absolute Gasteiger partial charge is 0.368 e. The summed E-state index contributed by atoms with van der Waals surface area (Å²) >= 11 is 0. The minimum absolute atomic E-state index is 0.0906. The quantitative estimate of drug-likeness (QED) is 0.697. The van der Waals surface area contributed by atoms with Crippen LogP contribution in [0, 0.1) is 5.82 Å². The summed E-state index contributed by atoms with van der Waals surface area (Å²) in [5.41, 5.74) is 6.47. The summed E-state index contributed by atoms with van der Waals surface area (Å²) in [6, 6.07) is 11.0. The predicted molar refractivity (Wildman–Crippen MR) is 107 cm³/mol. The van der Waals surface area contributed by atoms with Gasteiger partial charge in [0.25, 0.3) is 0 Å². The highest BCUT2D eigenvalue weighted by atomic mass is 32.2. The first-order chi connectivity index (χ1) is 13.1. The van der Waals surface area contributed by atoms with Crippen molar-refractivity contribution in [1.82, 2.24) is 14.7 Å². The first kappa shape index (κ1) is 19.9. The first-order valence-corrected chi connectivity index (χ1v) is 10.1. The molecular formula is C20H21FN4O2S. The van der Waals surface area contributed by atoms with E-state index in [0.29, 0.717) is 22.3 Å². The topological polar surface area (TPSA) is 98.0 Å². The van der Waals surface area contributed by atoms with Crippen molar-refractivity contribution in [2.75, 3.05) is 5.73 Å². The summed E-state index contributed by atoms with van der Waals surface area (Å²) < 4.78 is 43.0. The average Bonchev–Trinajstić information content (AvgIpc) is 2.61. The Hall–Kier alpha value is -2.84. The van der Waals surface area contributed by atoms with E-state index >= 15 is 0 Å². The molecule has 8 heteroatoms. The van der Waals surface area contributed by atoms with Crippen molar-refractivity contribution in [1.29, 1.82) is 0 Å². The van der Waals surface area contributed by atoms with Gasteiger partial charge in [-0.3, -0.25) is 0 Å². The Morgan fingerprint density at radius 3 is 2.21 bits per heavy atom. The van der Waals surface area contributed by atoms with E-state index in [2.05, 4.69) is 14.7 Å². The van der Waals surface area contributed by atoms with E-state index < -0.39 is 21.4 Å². The molecule has 0 aliphatic carbocycles. The molecule has 0 fully saturated rings. The van der Waals surface area contributed by atoms with Crippen molar-refractivity contribution in [2.24, 2.45) is 0 Å². The fraction of sp³-hybridized carbons (Fsp3) is 0.200. The monoisotopic (exact) mass is 400 g/mol. The van der Waals surface area contributed by atoms with Gasteiger partial charge in [0, 0.05) is 34.6 Å². The summed E-state index contributed by atoms with van der Waals surface area (Å²) in [6.45, 7) is 5.28. The lowest BCUT2D eigenvalue weighted by atomic mass is 10.0. The Labute approximate surface area is 163 Å². The fourth-order valence-electron chi connectivity index (χ4n) is 2.79. The van der Waals surface area contributed by atoms with Crippen LogP contribution in [0.15, 0.2) is 59.8 Å². The summed E-state index contributed by atoms with van der Waals surface area (Å²) in [6.07, 6.45) is 2.87. The minimum atomic E-state index is -3.78. The van der Waals surface area contributed by atoms with E-state index in [1.54, 1.807) is 51.1 Å². The van der Waals surface area contributed by atoms with Gasteiger partial charge in [0.1, 0.15) is 5.82 Å². The van der Waals surface area contributed by atoms with Crippen LogP contribution in [-0.4, -0.2) is 23.9 Å². The fourth-order valence-corrected chi connectivity index (χ4v) is 4.44. The number of halogens is 1. The van der Waals surface area contributed by atoms with Gasteiger partial charge in [-0.2, -0.15) is 0 Å². The maximum atomic E-state index is 14.8. The lowest BCUT2D eigenvalue weighted by Gasteiger charge is -2.21. The van der Waals surface area contributed by atoms with Gasteiger partial charge < -0.3 is 5.73 Å². The van der Waals surface area contributed by atoms with Crippen LogP contribution in [0.2, 0.25) is 0 Å². The van der Waals surface area contributed by atoms with Crippen molar-refractivity contribution in [3.05, 3.63) is 60.7 Å². The molecule has 3 rings (SSSR count). The molecule has 0 amide bonds. The van der Waals surface area contributed by atoms with E-state index in [1.807, 2.05) is 0 Å². The maximum absolute atomic E-state index is 14.8. The number of nitrogen functional groups attached to an aromatic ring is 1. The number of nitrogens with one attached hydrogen (secondary N) is 1. The van der Waals surface area contributed by atoms with Crippen molar-refractivity contribution in [3.8, 4) is 22.3 Å². The summed E-state index contributed by atoms with van der Waals surface area (Å²) in [7, 11) is -3.78. The molecule has 1 aromatic heterocycles. The van der Waals surface area contributed by atoms with E-state index in [9.17, 15) is 12.8 Å². The number of anilines is 1. The number of benzene rings is 2. The molecule has 0 atom stereocenters. The maximum Gasteiger partial charge on any atom is 0.241 e. The van der Waals surface area contributed by atoms with E-state index in [-0.39, 0.29) is 10.8 Å². The Kier molecular flexibility index (Phi) is 5.18. The molecule has 0 unspecified atom stereocenters. The highest BCUT2D eigenvalue weighted by Gasteiger charge is 2.25. The van der Waals surface area contributed by atoms with Crippen LogP contribution < -0.4 is 10.5 Å². The Morgan fingerprint density at radius 2 is 1.61 bits per heavy atom. The molecule has 0 aliphatic heterocycles. The third-order valence-electron chi connectivity index (χ3n) is 3.88. The van der Waals surface area contributed by atoms with Gasteiger partial charge in [0.05, 0.1) is 4.90 Å². The lowest BCUT2D eigenvalue weighted by molar-refractivity contribution is 0.491. The molecule has 2 aromatic carbocycles. The third kappa shape index (κ3) is 4.35.